The van der Waals surface area contributed by atoms with E-state index in [-0.39, 0.29) is 24.4 Å². The number of aliphatic hydroxyl groups excluding tert-OH is 1. The minimum Gasteiger partial charge on any atom is -0.389 e. The molecule has 2 fully saturated rings. The van der Waals surface area contributed by atoms with Gasteiger partial charge in [0.05, 0.1) is 18.3 Å². The molecule has 18 heavy (non-hydrogen) atoms. The van der Waals surface area contributed by atoms with Gasteiger partial charge in [0.25, 0.3) is 0 Å². The van der Waals surface area contributed by atoms with E-state index in [0.717, 1.165) is 13.1 Å². The predicted molar refractivity (Wildman–Crippen MR) is 73.6 cm³/mol. The highest BCUT2D eigenvalue weighted by molar-refractivity contribution is 4.96. The van der Waals surface area contributed by atoms with Crippen LogP contribution in [0.3, 0.4) is 0 Å². The van der Waals surface area contributed by atoms with E-state index in [2.05, 4.69) is 32.6 Å². The fourth-order valence-electron chi connectivity index (χ4n) is 3.55. The maximum Gasteiger partial charge on any atom is 0.0962 e. The van der Waals surface area contributed by atoms with E-state index in [0.29, 0.717) is 11.8 Å². The normalized spacial score (nSPS) is 43.3. The van der Waals surface area contributed by atoms with E-state index >= 15 is 0 Å². The molecule has 0 saturated carbocycles. The van der Waals surface area contributed by atoms with Gasteiger partial charge in [-0.25, -0.2) is 0 Å². The standard InChI is InChI=1S/C15H29NO2/c1-10(2)15-14(17)13(11(3)12(4)18-15)16-8-6-5-7-9-16/h10-15,17H,5-9H2,1-4H3/t11-,12-,13+,14-,15+/m1/s1. The van der Waals surface area contributed by atoms with Crippen molar-refractivity contribution in [2.45, 2.75) is 71.3 Å². The minimum atomic E-state index is -0.339. The average molecular weight is 255 g/mol. The third-order valence-electron chi connectivity index (χ3n) is 4.81. The van der Waals surface area contributed by atoms with Crippen molar-refractivity contribution < 1.29 is 9.84 Å². The van der Waals surface area contributed by atoms with Crippen LogP contribution in [0.4, 0.5) is 0 Å². The van der Waals surface area contributed by atoms with E-state index in [1.807, 2.05) is 0 Å². The molecule has 106 valence electrons. The Morgan fingerprint density at radius 3 is 2.28 bits per heavy atom. The van der Waals surface area contributed by atoms with Gasteiger partial charge in [0.1, 0.15) is 0 Å². The van der Waals surface area contributed by atoms with Gasteiger partial charge in [-0.1, -0.05) is 27.2 Å². The predicted octanol–water partition coefficient (Wildman–Crippen LogP) is 2.28. The number of hydrogen-bond donors (Lipinski definition) is 1. The molecule has 3 heteroatoms. The largest absolute Gasteiger partial charge is 0.389 e. The first-order valence-corrected chi connectivity index (χ1v) is 7.60. The third kappa shape index (κ3) is 2.73. The van der Waals surface area contributed by atoms with Crippen LogP contribution in [0.15, 0.2) is 0 Å². The molecular weight excluding hydrogens is 226 g/mol. The summed E-state index contributed by atoms with van der Waals surface area (Å²) in [5.74, 6) is 0.787. The van der Waals surface area contributed by atoms with Gasteiger partial charge >= 0.3 is 0 Å². The lowest BCUT2D eigenvalue weighted by molar-refractivity contribution is -0.189. The van der Waals surface area contributed by atoms with Gasteiger partial charge in [0.2, 0.25) is 0 Å². The molecule has 0 spiro atoms. The highest BCUT2D eigenvalue weighted by Gasteiger charge is 2.44. The highest BCUT2D eigenvalue weighted by atomic mass is 16.5. The third-order valence-corrected chi connectivity index (χ3v) is 4.81. The molecule has 2 aliphatic heterocycles. The van der Waals surface area contributed by atoms with Gasteiger partial charge in [-0.2, -0.15) is 0 Å². The molecule has 5 atom stereocenters. The number of nitrogens with zero attached hydrogens (tertiary/aromatic N) is 1. The molecule has 2 heterocycles. The Morgan fingerprint density at radius 1 is 1.11 bits per heavy atom. The van der Waals surface area contributed by atoms with Gasteiger partial charge in [0, 0.05) is 12.0 Å². The number of rotatable bonds is 2. The summed E-state index contributed by atoms with van der Waals surface area (Å²) in [5, 5.41) is 10.7. The lowest BCUT2D eigenvalue weighted by atomic mass is 9.81. The van der Waals surface area contributed by atoms with Crippen molar-refractivity contribution in [3.63, 3.8) is 0 Å². The summed E-state index contributed by atoms with van der Waals surface area (Å²) < 4.78 is 6.02. The van der Waals surface area contributed by atoms with E-state index in [9.17, 15) is 5.11 Å². The second kappa shape index (κ2) is 5.89. The van der Waals surface area contributed by atoms with Crippen LogP contribution in [-0.4, -0.2) is 47.4 Å². The molecule has 0 amide bonds. The average Bonchev–Trinajstić information content (AvgIpc) is 2.35. The van der Waals surface area contributed by atoms with Gasteiger partial charge in [-0.05, 0) is 38.8 Å². The molecule has 2 aliphatic rings. The maximum absolute atomic E-state index is 10.7. The molecule has 0 aromatic heterocycles. The first-order chi connectivity index (χ1) is 8.52. The van der Waals surface area contributed by atoms with Gasteiger partial charge in [0.15, 0.2) is 0 Å². The summed E-state index contributed by atoms with van der Waals surface area (Å²) >= 11 is 0. The van der Waals surface area contributed by atoms with Crippen LogP contribution >= 0.6 is 0 Å². The molecule has 0 aliphatic carbocycles. The van der Waals surface area contributed by atoms with Gasteiger partial charge < -0.3 is 9.84 Å². The zero-order valence-electron chi connectivity index (χ0n) is 12.3. The molecular formula is C15H29NO2. The second-order valence-electron chi connectivity index (χ2n) is 6.49. The fraction of sp³-hybridized carbons (Fsp3) is 1.00. The van der Waals surface area contributed by atoms with Crippen LogP contribution < -0.4 is 0 Å². The molecule has 1 N–H and O–H groups in total. The van der Waals surface area contributed by atoms with Crippen LogP contribution in [0.1, 0.15) is 47.0 Å². The summed E-state index contributed by atoms with van der Waals surface area (Å²) in [7, 11) is 0. The van der Waals surface area contributed by atoms with E-state index in [1.54, 1.807) is 0 Å². The van der Waals surface area contributed by atoms with Crippen molar-refractivity contribution in [1.29, 1.82) is 0 Å². The Bertz CT molecular complexity index is 263. The van der Waals surface area contributed by atoms with Crippen molar-refractivity contribution in [1.82, 2.24) is 4.90 Å². The zero-order chi connectivity index (χ0) is 13.3. The second-order valence-corrected chi connectivity index (χ2v) is 6.49. The Kier molecular flexibility index (Phi) is 4.68. The zero-order valence-corrected chi connectivity index (χ0v) is 12.3. The van der Waals surface area contributed by atoms with E-state index in [4.69, 9.17) is 4.74 Å². The molecule has 2 saturated heterocycles. The lowest BCUT2D eigenvalue weighted by Gasteiger charge is -2.49. The monoisotopic (exact) mass is 255 g/mol. The summed E-state index contributed by atoms with van der Waals surface area (Å²) in [6, 6.07) is 0.279. The Labute approximate surface area is 112 Å². The Morgan fingerprint density at radius 2 is 1.72 bits per heavy atom. The first kappa shape index (κ1) is 14.3. The van der Waals surface area contributed by atoms with Gasteiger partial charge in [-0.3, -0.25) is 4.90 Å². The summed E-state index contributed by atoms with van der Waals surface area (Å²) in [6.07, 6.45) is 3.78. The van der Waals surface area contributed by atoms with Crippen LogP contribution in [-0.2, 0) is 4.74 Å². The Hall–Kier alpha value is -0.120. The van der Waals surface area contributed by atoms with Crippen molar-refractivity contribution in [3.05, 3.63) is 0 Å². The van der Waals surface area contributed by atoms with Crippen molar-refractivity contribution in [3.8, 4) is 0 Å². The summed E-state index contributed by atoms with van der Waals surface area (Å²) in [4.78, 5) is 2.51. The van der Waals surface area contributed by atoms with E-state index < -0.39 is 0 Å². The number of likely N-dealkylation sites (tertiary alicyclic amines) is 1. The highest BCUT2D eigenvalue weighted by Crippen LogP contribution is 2.33. The molecule has 0 radical (unpaired) electrons. The quantitative estimate of drug-likeness (QED) is 0.821. The number of ether oxygens (including phenoxy) is 1. The lowest BCUT2D eigenvalue weighted by Crippen LogP contribution is -2.61. The SMILES string of the molecule is CC(C)[C@@H]1O[C@H](C)[C@@H](C)[C@H](N2CCCCC2)[C@H]1O. The van der Waals surface area contributed by atoms with Crippen LogP contribution in [0.25, 0.3) is 0 Å². The molecule has 0 aromatic rings. The molecule has 0 bridgehead atoms. The molecule has 0 aromatic carbocycles. The van der Waals surface area contributed by atoms with Crippen molar-refractivity contribution >= 4 is 0 Å². The number of piperidine rings is 1. The van der Waals surface area contributed by atoms with Crippen LogP contribution in [0, 0.1) is 11.8 Å². The summed E-state index contributed by atoms with van der Waals surface area (Å²) in [6.45, 7) is 11.0. The van der Waals surface area contributed by atoms with Crippen molar-refractivity contribution in [2.75, 3.05) is 13.1 Å². The van der Waals surface area contributed by atoms with Gasteiger partial charge in [-0.15, -0.1) is 0 Å². The van der Waals surface area contributed by atoms with Crippen molar-refractivity contribution in [2.24, 2.45) is 11.8 Å². The molecule has 2 rings (SSSR count). The topological polar surface area (TPSA) is 32.7 Å². The number of aliphatic hydroxyl groups is 1. The molecule has 0 unspecified atom stereocenters. The number of hydrogen-bond acceptors (Lipinski definition) is 3. The molecule has 3 nitrogen and oxygen atoms in total. The Balaban J connectivity index is 2.13. The summed E-state index contributed by atoms with van der Waals surface area (Å²) in [5.41, 5.74) is 0. The smallest absolute Gasteiger partial charge is 0.0962 e. The maximum atomic E-state index is 10.7. The minimum absolute atomic E-state index is 0.0110. The van der Waals surface area contributed by atoms with Crippen LogP contribution in [0.5, 0.6) is 0 Å². The van der Waals surface area contributed by atoms with Crippen LogP contribution in [0.2, 0.25) is 0 Å². The van der Waals surface area contributed by atoms with E-state index in [1.165, 1.54) is 19.3 Å². The fourth-order valence-corrected chi connectivity index (χ4v) is 3.55. The first-order valence-electron chi connectivity index (χ1n) is 7.60.